The Labute approximate surface area is 89.4 Å². The highest BCUT2D eigenvalue weighted by Crippen LogP contribution is 2.09. The van der Waals surface area contributed by atoms with Crippen LogP contribution in [0.2, 0.25) is 0 Å². The molecule has 0 bridgehead atoms. The fourth-order valence-corrected chi connectivity index (χ4v) is 1.65. The molecule has 2 nitrogen and oxygen atoms in total. The maximum Gasteiger partial charge on any atom is 0.0163 e. The van der Waals surface area contributed by atoms with Gasteiger partial charge in [0.1, 0.15) is 0 Å². The molecule has 0 aliphatic rings. The van der Waals surface area contributed by atoms with Gasteiger partial charge < -0.3 is 5.32 Å². The van der Waals surface area contributed by atoms with Crippen LogP contribution >= 0.6 is 0 Å². The molecule has 0 heterocycles. The molecule has 0 aromatic rings. The molecule has 0 saturated carbocycles. The molecule has 0 radical (unpaired) electrons. The summed E-state index contributed by atoms with van der Waals surface area (Å²) in [6.45, 7) is 17.0. The van der Waals surface area contributed by atoms with Crippen LogP contribution in [0.5, 0.6) is 0 Å². The Bertz CT molecular complexity index is 145. The predicted octanol–water partition coefficient (Wildman–Crippen LogP) is 2.13. The average Bonchev–Trinajstić information content (AvgIpc) is 2.21. The van der Waals surface area contributed by atoms with Crippen LogP contribution in [0.25, 0.3) is 0 Å². The van der Waals surface area contributed by atoms with Gasteiger partial charge in [-0.05, 0) is 32.5 Å². The minimum Gasteiger partial charge on any atom is -0.317 e. The van der Waals surface area contributed by atoms with E-state index >= 15 is 0 Å². The SMILES string of the molecule is C=CCN(CC)C(C)C(C)CNCC. The van der Waals surface area contributed by atoms with Gasteiger partial charge in [0.05, 0.1) is 0 Å². The molecule has 1 N–H and O–H groups in total. The number of hydrogen-bond acceptors (Lipinski definition) is 2. The Balaban J connectivity index is 3.97. The van der Waals surface area contributed by atoms with Gasteiger partial charge in [0.2, 0.25) is 0 Å². The van der Waals surface area contributed by atoms with E-state index in [1.165, 1.54) is 0 Å². The molecule has 2 atom stereocenters. The van der Waals surface area contributed by atoms with Gasteiger partial charge in [-0.1, -0.05) is 26.8 Å². The lowest BCUT2D eigenvalue weighted by molar-refractivity contribution is 0.185. The van der Waals surface area contributed by atoms with Crippen LogP contribution in [0, 0.1) is 5.92 Å². The number of hydrogen-bond donors (Lipinski definition) is 1. The van der Waals surface area contributed by atoms with Crippen molar-refractivity contribution in [2.75, 3.05) is 26.2 Å². The molecule has 0 aromatic carbocycles. The molecular formula is C12H26N2. The van der Waals surface area contributed by atoms with Gasteiger partial charge in [0, 0.05) is 12.6 Å². The van der Waals surface area contributed by atoms with Crippen molar-refractivity contribution in [3.05, 3.63) is 12.7 Å². The molecule has 0 aliphatic carbocycles. The molecule has 0 saturated heterocycles. The van der Waals surface area contributed by atoms with Crippen molar-refractivity contribution in [3.63, 3.8) is 0 Å². The van der Waals surface area contributed by atoms with Crippen molar-refractivity contribution in [1.82, 2.24) is 10.2 Å². The number of rotatable bonds is 8. The monoisotopic (exact) mass is 198 g/mol. The summed E-state index contributed by atoms with van der Waals surface area (Å²) in [7, 11) is 0. The average molecular weight is 198 g/mol. The summed E-state index contributed by atoms with van der Waals surface area (Å²) in [5, 5.41) is 3.40. The highest BCUT2D eigenvalue weighted by atomic mass is 15.1. The highest BCUT2D eigenvalue weighted by Gasteiger charge is 2.16. The maximum absolute atomic E-state index is 3.80. The van der Waals surface area contributed by atoms with Crippen molar-refractivity contribution in [2.24, 2.45) is 5.92 Å². The summed E-state index contributed by atoms with van der Waals surface area (Å²) in [4.78, 5) is 2.45. The highest BCUT2D eigenvalue weighted by molar-refractivity contribution is 4.79. The van der Waals surface area contributed by atoms with Crippen LogP contribution in [0.1, 0.15) is 27.7 Å². The summed E-state index contributed by atoms with van der Waals surface area (Å²) >= 11 is 0. The maximum atomic E-state index is 3.80. The molecular weight excluding hydrogens is 172 g/mol. The minimum atomic E-state index is 0.622. The molecule has 0 aromatic heterocycles. The van der Waals surface area contributed by atoms with Gasteiger partial charge in [0.15, 0.2) is 0 Å². The van der Waals surface area contributed by atoms with E-state index in [1.54, 1.807) is 0 Å². The van der Waals surface area contributed by atoms with Crippen LogP contribution in [-0.2, 0) is 0 Å². The summed E-state index contributed by atoms with van der Waals surface area (Å²) in [5.74, 6) is 0.690. The summed E-state index contributed by atoms with van der Waals surface area (Å²) in [6.07, 6.45) is 1.99. The van der Waals surface area contributed by atoms with Crippen LogP contribution in [0.3, 0.4) is 0 Å². The lowest BCUT2D eigenvalue weighted by atomic mass is 10.0. The number of nitrogens with zero attached hydrogens (tertiary/aromatic N) is 1. The van der Waals surface area contributed by atoms with E-state index in [4.69, 9.17) is 0 Å². The molecule has 0 amide bonds. The van der Waals surface area contributed by atoms with Crippen LogP contribution in [0.4, 0.5) is 0 Å². The van der Waals surface area contributed by atoms with Gasteiger partial charge in [-0.25, -0.2) is 0 Å². The minimum absolute atomic E-state index is 0.622. The molecule has 2 unspecified atom stereocenters. The quantitative estimate of drug-likeness (QED) is 0.601. The molecule has 84 valence electrons. The third-order valence-corrected chi connectivity index (χ3v) is 2.89. The topological polar surface area (TPSA) is 15.3 Å². The largest absolute Gasteiger partial charge is 0.317 e. The summed E-state index contributed by atoms with van der Waals surface area (Å²) < 4.78 is 0. The van der Waals surface area contributed by atoms with Gasteiger partial charge in [0.25, 0.3) is 0 Å². The second kappa shape index (κ2) is 8.01. The number of nitrogens with one attached hydrogen (secondary N) is 1. The zero-order valence-electron chi connectivity index (χ0n) is 10.2. The first-order chi connectivity index (χ1) is 6.67. The zero-order valence-corrected chi connectivity index (χ0v) is 10.2. The first-order valence-corrected chi connectivity index (χ1v) is 5.72. The predicted molar refractivity (Wildman–Crippen MR) is 64.6 cm³/mol. The third-order valence-electron chi connectivity index (χ3n) is 2.89. The molecule has 2 heteroatoms. The first-order valence-electron chi connectivity index (χ1n) is 5.72. The number of likely N-dealkylation sites (N-methyl/N-ethyl adjacent to an activating group) is 1. The second-order valence-electron chi connectivity index (χ2n) is 3.90. The summed E-state index contributed by atoms with van der Waals surface area (Å²) in [5.41, 5.74) is 0. The lowest BCUT2D eigenvalue weighted by Crippen LogP contribution is -2.41. The van der Waals surface area contributed by atoms with Crippen LogP contribution < -0.4 is 5.32 Å². The Hall–Kier alpha value is -0.340. The van der Waals surface area contributed by atoms with E-state index < -0.39 is 0 Å². The first kappa shape index (κ1) is 13.7. The smallest absolute Gasteiger partial charge is 0.0163 e. The fourth-order valence-electron chi connectivity index (χ4n) is 1.65. The van der Waals surface area contributed by atoms with Gasteiger partial charge in [-0.2, -0.15) is 0 Å². The van der Waals surface area contributed by atoms with Crippen molar-refractivity contribution < 1.29 is 0 Å². The Morgan fingerprint density at radius 3 is 2.43 bits per heavy atom. The van der Waals surface area contributed by atoms with E-state index in [2.05, 4.69) is 44.5 Å². The van der Waals surface area contributed by atoms with Gasteiger partial charge in [-0.15, -0.1) is 6.58 Å². The van der Waals surface area contributed by atoms with Gasteiger partial charge in [-0.3, -0.25) is 4.90 Å². The van der Waals surface area contributed by atoms with Crippen molar-refractivity contribution in [1.29, 1.82) is 0 Å². The van der Waals surface area contributed by atoms with E-state index in [9.17, 15) is 0 Å². The summed E-state index contributed by atoms with van der Waals surface area (Å²) in [6, 6.07) is 0.622. The standard InChI is InChI=1S/C12H26N2/c1-6-9-14(8-3)12(5)11(4)10-13-7-2/h6,11-13H,1,7-10H2,2-5H3. The van der Waals surface area contributed by atoms with Gasteiger partial charge >= 0.3 is 0 Å². The Kier molecular flexibility index (Phi) is 7.81. The van der Waals surface area contributed by atoms with E-state index in [1.807, 2.05) is 6.08 Å². The van der Waals surface area contributed by atoms with E-state index in [0.717, 1.165) is 26.2 Å². The molecule has 0 rings (SSSR count). The third kappa shape index (κ3) is 4.77. The van der Waals surface area contributed by atoms with Crippen molar-refractivity contribution >= 4 is 0 Å². The van der Waals surface area contributed by atoms with Crippen molar-refractivity contribution in [3.8, 4) is 0 Å². The van der Waals surface area contributed by atoms with E-state index in [-0.39, 0.29) is 0 Å². The van der Waals surface area contributed by atoms with Crippen molar-refractivity contribution in [2.45, 2.75) is 33.7 Å². The van der Waals surface area contributed by atoms with E-state index in [0.29, 0.717) is 12.0 Å². The second-order valence-corrected chi connectivity index (χ2v) is 3.90. The Morgan fingerprint density at radius 1 is 1.36 bits per heavy atom. The molecule has 14 heavy (non-hydrogen) atoms. The van der Waals surface area contributed by atoms with Crippen LogP contribution in [-0.4, -0.2) is 37.1 Å². The lowest BCUT2D eigenvalue weighted by Gasteiger charge is -2.31. The molecule has 0 aliphatic heterocycles. The molecule has 0 fully saturated rings. The molecule has 0 spiro atoms. The Morgan fingerprint density at radius 2 is 2.00 bits per heavy atom. The van der Waals surface area contributed by atoms with Crippen LogP contribution in [0.15, 0.2) is 12.7 Å². The zero-order chi connectivity index (χ0) is 11.0. The fraction of sp³-hybridized carbons (Fsp3) is 0.833. The normalized spacial score (nSPS) is 15.5.